The van der Waals surface area contributed by atoms with Crippen LogP contribution in [0.4, 0.5) is 11.4 Å². The molecule has 0 atom stereocenters. The summed E-state index contributed by atoms with van der Waals surface area (Å²) in [6.45, 7) is 1.92. The molecule has 0 saturated heterocycles. The van der Waals surface area contributed by atoms with Crippen molar-refractivity contribution >= 4 is 17.6 Å². The van der Waals surface area contributed by atoms with E-state index in [9.17, 15) is 15.3 Å². The molecule has 0 N–H and O–H groups in total. The van der Waals surface area contributed by atoms with Gasteiger partial charge < -0.3 is 5.21 Å². The summed E-state index contributed by atoms with van der Waals surface area (Å²) < 4.78 is 0.627. The maximum Gasteiger partial charge on any atom is 0.282 e. The molecule has 5 heteroatoms. The zero-order valence-electron chi connectivity index (χ0n) is 10.3. The molecule has 0 spiro atoms. The SMILES string of the molecule is Cc1ccc(/[N+]([O-])=C/c2ccccc2[N+](=O)[O-])cc1. The molecule has 19 heavy (non-hydrogen) atoms. The molecule has 0 aliphatic rings. The molecule has 0 unspecified atom stereocenters. The van der Waals surface area contributed by atoms with Gasteiger partial charge in [-0.05, 0) is 13.0 Å². The number of benzene rings is 2. The highest BCUT2D eigenvalue weighted by atomic mass is 16.6. The van der Waals surface area contributed by atoms with Crippen molar-refractivity contribution in [3.63, 3.8) is 0 Å². The van der Waals surface area contributed by atoms with Crippen molar-refractivity contribution in [3.05, 3.63) is 75.0 Å². The molecule has 0 bridgehead atoms. The maximum atomic E-state index is 11.9. The first-order chi connectivity index (χ1) is 9.08. The molecule has 0 saturated carbocycles. The second-order valence-corrected chi connectivity index (χ2v) is 4.11. The number of nitrogens with zero attached hydrogens (tertiary/aromatic N) is 2. The minimum absolute atomic E-state index is 0.0875. The van der Waals surface area contributed by atoms with Gasteiger partial charge in [-0.25, -0.2) is 0 Å². The van der Waals surface area contributed by atoms with Crippen molar-refractivity contribution in [2.75, 3.05) is 0 Å². The van der Waals surface area contributed by atoms with Crippen LogP contribution in [0.5, 0.6) is 0 Å². The van der Waals surface area contributed by atoms with E-state index in [1.54, 1.807) is 24.3 Å². The molecule has 0 heterocycles. The predicted octanol–water partition coefficient (Wildman–Crippen LogP) is 3.16. The fourth-order valence-corrected chi connectivity index (χ4v) is 1.66. The van der Waals surface area contributed by atoms with Gasteiger partial charge in [0.05, 0.1) is 4.92 Å². The van der Waals surface area contributed by atoms with Crippen LogP contribution in [0.15, 0.2) is 48.5 Å². The van der Waals surface area contributed by atoms with Gasteiger partial charge >= 0.3 is 0 Å². The highest BCUT2D eigenvalue weighted by Crippen LogP contribution is 2.17. The van der Waals surface area contributed by atoms with Crippen molar-refractivity contribution in [3.8, 4) is 0 Å². The highest BCUT2D eigenvalue weighted by Gasteiger charge is 2.13. The zero-order chi connectivity index (χ0) is 13.8. The standard InChI is InChI=1S/C14H12N2O3/c1-11-6-8-13(9-7-11)15(17)10-12-4-2-3-5-14(12)16(18)19/h2-10H,1H3/b15-10-. The van der Waals surface area contributed by atoms with Gasteiger partial charge in [-0.15, -0.1) is 0 Å². The lowest BCUT2D eigenvalue weighted by Gasteiger charge is -2.03. The molecular weight excluding hydrogens is 244 g/mol. The maximum absolute atomic E-state index is 11.9. The minimum atomic E-state index is -0.505. The Labute approximate surface area is 110 Å². The lowest BCUT2D eigenvalue weighted by Crippen LogP contribution is -2.02. The van der Waals surface area contributed by atoms with E-state index in [1.165, 1.54) is 18.3 Å². The Bertz CT molecular complexity index is 633. The summed E-state index contributed by atoms with van der Waals surface area (Å²) in [5, 5.41) is 22.8. The number of rotatable bonds is 3. The van der Waals surface area contributed by atoms with Crippen molar-refractivity contribution < 1.29 is 9.66 Å². The van der Waals surface area contributed by atoms with Crippen LogP contribution >= 0.6 is 0 Å². The topological polar surface area (TPSA) is 69.2 Å². The molecule has 0 fully saturated rings. The number of para-hydroxylation sites is 1. The van der Waals surface area contributed by atoms with Crippen molar-refractivity contribution in [1.82, 2.24) is 0 Å². The van der Waals surface area contributed by atoms with Crippen LogP contribution in [0.3, 0.4) is 0 Å². The second-order valence-electron chi connectivity index (χ2n) is 4.11. The van der Waals surface area contributed by atoms with E-state index in [2.05, 4.69) is 0 Å². The van der Waals surface area contributed by atoms with E-state index < -0.39 is 4.92 Å². The Morgan fingerprint density at radius 3 is 2.26 bits per heavy atom. The fraction of sp³-hybridized carbons (Fsp3) is 0.0714. The van der Waals surface area contributed by atoms with Gasteiger partial charge in [0, 0.05) is 18.2 Å². The van der Waals surface area contributed by atoms with E-state index in [0.29, 0.717) is 10.4 Å². The Kier molecular flexibility index (Phi) is 3.56. The third-order valence-electron chi connectivity index (χ3n) is 2.68. The molecular formula is C14H12N2O3. The van der Waals surface area contributed by atoms with Gasteiger partial charge in [-0.1, -0.05) is 29.8 Å². The Morgan fingerprint density at radius 2 is 1.63 bits per heavy atom. The molecule has 0 aliphatic carbocycles. The van der Waals surface area contributed by atoms with Crippen LogP contribution in [0, 0.1) is 22.2 Å². The van der Waals surface area contributed by atoms with Gasteiger partial charge in [-0.3, -0.25) is 10.1 Å². The normalized spacial score (nSPS) is 11.3. The lowest BCUT2D eigenvalue weighted by atomic mass is 10.2. The summed E-state index contributed by atoms with van der Waals surface area (Å²) in [6, 6.07) is 13.1. The van der Waals surface area contributed by atoms with E-state index in [0.717, 1.165) is 5.56 Å². The Hall–Kier alpha value is -2.69. The monoisotopic (exact) mass is 256 g/mol. The van der Waals surface area contributed by atoms with Crippen LogP contribution in [0.25, 0.3) is 0 Å². The summed E-state index contributed by atoms with van der Waals surface area (Å²) in [6.07, 6.45) is 1.21. The van der Waals surface area contributed by atoms with Crippen LogP contribution in [-0.2, 0) is 0 Å². The molecule has 2 aromatic rings. The van der Waals surface area contributed by atoms with Gasteiger partial charge in [0.2, 0.25) is 5.69 Å². The summed E-state index contributed by atoms with van der Waals surface area (Å²) in [4.78, 5) is 10.3. The van der Waals surface area contributed by atoms with Gasteiger partial charge in [0.1, 0.15) is 5.56 Å². The highest BCUT2D eigenvalue weighted by molar-refractivity contribution is 5.82. The third kappa shape index (κ3) is 2.95. The summed E-state index contributed by atoms with van der Waals surface area (Å²) in [5.41, 5.74) is 1.67. The largest absolute Gasteiger partial charge is 0.618 e. The quantitative estimate of drug-likeness (QED) is 0.278. The van der Waals surface area contributed by atoms with Crippen LogP contribution < -0.4 is 0 Å². The molecule has 96 valence electrons. The van der Waals surface area contributed by atoms with Crippen LogP contribution in [0.2, 0.25) is 0 Å². The Morgan fingerprint density at radius 1 is 1.00 bits per heavy atom. The molecule has 5 nitrogen and oxygen atoms in total. The minimum Gasteiger partial charge on any atom is -0.618 e. The van der Waals surface area contributed by atoms with Gasteiger partial charge in [-0.2, -0.15) is 4.74 Å². The first-order valence-electron chi connectivity index (χ1n) is 5.69. The van der Waals surface area contributed by atoms with Crippen LogP contribution in [0.1, 0.15) is 11.1 Å². The predicted molar refractivity (Wildman–Crippen MR) is 72.7 cm³/mol. The number of aryl methyl sites for hydroxylation is 1. The number of nitro groups is 1. The second kappa shape index (κ2) is 5.30. The van der Waals surface area contributed by atoms with Crippen LogP contribution in [-0.4, -0.2) is 15.9 Å². The molecule has 0 radical (unpaired) electrons. The lowest BCUT2D eigenvalue weighted by molar-refractivity contribution is -0.386. The average molecular weight is 256 g/mol. The van der Waals surface area contributed by atoms with Gasteiger partial charge in [0.25, 0.3) is 5.69 Å². The van der Waals surface area contributed by atoms with E-state index >= 15 is 0 Å². The molecule has 2 rings (SSSR count). The molecule has 2 aromatic carbocycles. The van der Waals surface area contributed by atoms with Crippen molar-refractivity contribution in [1.29, 1.82) is 0 Å². The average Bonchev–Trinajstić information content (AvgIpc) is 2.39. The molecule has 0 aliphatic heterocycles. The first kappa shape index (κ1) is 12.8. The fourth-order valence-electron chi connectivity index (χ4n) is 1.66. The smallest absolute Gasteiger partial charge is 0.282 e. The summed E-state index contributed by atoms with van der Waals surface area (Å²) >= 11 is 0. The third-order valence-corrected chi connectivity index (χ3v) is 2.68. The van der Waals surface area contributed by atoms with E-state index in [-0.39, 0.29) is 11.3 Å². The zero-order valence-corrected chi connectivity index (χ0v) is 10.3. The Balaban J connectivity index is 2.41. The van der Waals surface area contributed by atoms with E-state index in [4.69, 9.17) is 0 Å². The molecule has 0 aromatic heterocycles. The first-order valence-corrected chi connectivity index (χ1v) is 5.69. The molecule has 0 amide bonds. The number of nitro benzene ring substituents is 1. The number of hydrogen-bond acceptors (Lipinski definition) is 3. The summed E-state index contributed by atoms with van der Waals surface area (Å²) in [5.74, 6) is 0. The van der Waals surface area contributed by atoms with Gasteiger partial charge in [0.15, 0.2) is 6.21 Å². The summed E-state index contributed by atoms with van der Waals surface area (Å²) in [7, 11) is 0. The van der Waals surface area contributed by atoms with Crippen molar-refractivity contribution in [2.45, 2.75) is 6.92 Å². The number of hydrogen-bond donors (Lipinski definition) is 0. The van der Waals surface area contributed by atoms with Crippen molar-refractivity contribution in [2.24, 2.45) is 0 Å². The van der Waals surface area contributed by atoms with E-state index in [1.807, 2.05) is 19.1 Å².